The van der Waals surface area contributed by atoms with Gasteiger partial charge in [0.1, 0.15) is 11.9 Å². The Morgan fingerprint density at radius 3 is 2.68 bits per heavy atom. The molecule has 0 amide bonds. The average molecular weight is 363 g/mol. The minimum Gasteiger partial charge on any atom is -0.467 e. The van der Waals surface area contributed by atoms with Crippen LogP contribution in [0.1, 0.15) is 22.0 Å². The highest BCUT2D eigenvalue weighted by molar-refractivity contribution is 9.10. The minimum atomic E-state index is -0.467. The zero-order valence-electron chi connectivity index (χ0n) is 12.0. The molecule has 0 unspecified atom stereocenters. The van der Waals surface area contributed by atoms with E-state index >= 15 is 0 Å². The molecule has 2 aromatic rings. The van der Waals surface area contributed by atoms with Crippen LogP contribution in [-0.4, -0.2) is 25.8 Å². The number of epoxide rings is 1. The molecule has 1 aliphatic heterocycles. The first kappa shape index (κ1) is 15.2. The molecule has 4 nitrogen and oxygen atoms in total. The molecule has 0 N–H and O–H groups in total. The van der Waals surface area contributed by atoms with Gasteiger partial charge >= 0.3 is 0 Å². The summed E-state index contributed by atoms with van der Waals surface area (Å²) in [5.74, 6) is 0.434. The van der Waals surface area contributed by atoms with Gasteiger partial charge in [0.2, 0.25) is 0 Å². The van der Waals surface area contributed by atoms with E-state index in [0.717, 1.165) is 10.0 Å². The van der Waals surface area contributed by atoms with Gasteiger partial charge < -0.3 is 14.2 Å². The summed E-state index contributed by atoms with van der Waals surface area (Å²) >= 11 is 3.49. The van der Waals surface area contributed by atoms with E-state index in [-0.39, 0.29) is 18.7 Å². The highest BCUT2D eigenvalue weighted by Crippen LogP contribution is 2.44. The van der Waals surface area contributed by atoms with Crippen LogP contribution < -0.4 is 4.74 Å². The average Bonchev–Trinajstić information content (AvgIpc) is 3.33. The number of ether oxygens (including phenoxy) is 3. The van der Waals surface area contributed by atoms with E-state index in [1.165, 1.54) is 7.11 Å². The number of para-hydroxylation sites is 1. The van der Waals surface area contributed by atoms with Gasteiger partial charge in [0.15, 0.2) is 18.7 Å². The Bertz CT molecular complexity index is 686. The van der Waals surface area contributed by atoms with Crippen LogP contribution in [0.5, 0.6) is 5.75 Å². The third-order valence-electron chi connectivity index (χ3n) is 3.45. The lowest BCUT2D eigenvalue weighted by Gasteiger charge is -2.08. The Morgan fingerprint density at radius 1 is 1.18 bits per heavy atom. The molecule has 1 heterocycles. The number of Topliss-reactive ketones (excluding diaryl/α,β-unsaturated/α-hetero) is 1. The molecule has 1 saturated heterocycles. The lowest BCUT2D eigenvalue weighted by Crippen LogP contribution is -2.11. The van der Waals surface area contributed by atoms with Crippen LogP contribution >= 0.6 is 15.9 Å². The maximum atomic E-state index is 12.6. The molecule has 1 fully saturated rings. The summed E-state index contributed by atoms with van der Waals surface area (Å²) in [7, 11) is 1.54. The molecular weight excluding hydrogens is 348 g/mol. The Hall–Kier alpha value is -1.69. The second kappa shape index (κ2) is 6.60. The van der Waals surface area contributed by atoms with Crippen molar-refractivity contribution in [3.63, 3.8) is 0 Å². The molecule has 114 valence electrons. The molecule has 1 aliphatic rings. The number of methoxy groups -OCH3 is 1. The van der Waals surface area contributed by atoms with E-state index in [2.05, 4.69) is 15.9 Å². The third-order valence-corrected chi connectivity index (χ3v) is 4.17. The van der Waals surface area contributed by atoms with Gasteiger partial charge in [0.25, 0.3) is 0 Å². The summed E-state index contributed by atoms with van der Waals surface area (Å²) in [6.45, 7) is 0.101. The molecule has 0 radical (unpaired) electrons. The molecule has 22 heavy (non-hydrogen) atoms. The number of hydrogen-bond donors (Lipinski definition) is 0. The Kier molecular flexibility index (Phi) is 4.57. The Labute approximate surface area is 137 Å². The van der Waals surface area contributed by atoms with Crippen molar-refractivity contribution in [2.24, 2.45) is 0 Å². The molecule has 2 atom stereocenters. The fraction of sp³-hybridized carbons (Fsp3) is 0.235. The SMILES string of the molecule is COCOc1ccccc1C(=O)[C@@H]1O[C@H]1c1ccccc1Br. The molecular formula is C17H15BrO4. The van der Waals surface area contributed by atoms with Crippen molar-refractivity contribution in [3.05, 3.63) is 64.1 Å². The number of benzene rings is 2. The summed E-state index contributed by atoms with van der Waals surface area (Å²) in [5, 5.41) is 0. The Morgan fingerprint density at radius 2 is 1.91 bits per heavy atom. The van der Waals surface area contributed by atoms with Gasteiger partial charge in [0.05, 0.1) is 5.56 Å². The quantitative estimate of drug-likeness (QED) is 0.446. The maximum Gasteiger partial charge on any atom is 0.198 e. The summed E-state index contributed by atoms with van der Waals surface area (Å²) in [6.07, 6.45) is -0.676. The number of carbonyl (C=O) groups is 1. The number of halogens is 1. The summed E-state index contributed by atoms with van der Waals surface area (Å²) in [6, 6.07) is 14.9. The second-order valence-corrected chi connectivity index (χ2v) is 5.76. The molecule has 0 bridgehead atoms. The van der Waals surface area contributed by atoms with Crippen LogP contribution in [0.15, 0.2) is 53.0 Å². The lowest BCUT2D eigenvalue weighted by molar-refractivity contribution is 0.0501. The van der Waals surface area contributed by atoms with Crippen molar-refractivity contribution in [2.75, 3.05) is 13.9 Å². The first-order valence-electron chi connectivity index (χ1n) is 6.87. The number of rotatable bonds is 6. The van der Waals surface area contributed by atoms with Gasteiger partial charge in [-0.15, -0.1) is 0 Å². The maximum absolute atomic E-state index is 12.6. The highest BCUT2D eigenvalue weighted by Gasteiger charge is 2.47. The van der Waals surface area contributed by atoms with Crippen LogP contribution in [0.4, 0.5) is 0 Å². The van der Waals surface area contributed by atoms with Gasteiger partial charge in [0, 0.05) is 11.6 Å². The first-order valence-corrected chi connectivity index (χ1v) is 7.66. The minimum absolute atomic E-state index is 0.0764. The van der Waals surface area contributed by atoms with Crippen molar-refractivity contribution in [2.45, 2.75) is 12.2 Å². The van der Waals surface area contributed by atoms with Gasteiger partial charge in [-0.25, -0.2) is 0 Å². The summed E-state index contributed by atoms with van der Waals surface area (Å²) in [4.78, 5) is 12.6. The topological polar surface area (TPSA) is 48.1 Å². The van der Waals surface area contributed by atoms with E-state index in [9.17, 15) is 4.79 Å². The molecule has 0 saturated carbocycles. The van der Waals surface area contributed by atoms with Gasteiger partial charge in [-0.2, -0.15) is 0 Å². The van der Waals surface area contributed by atoms with Crippen LogP contribution in [-0.2, 0) is 9.47 Å². The fourth-order valence-electron chi connectivity index (χ4n) is 2.33. The van der Waals surface area contributed by atoms with Crippen LogP contribution in [0.2, 0.25) is 0 Å². The normalized spacial score (nSPS) is 19.7. The molecule has 2 aromatic carbocycles. The zero-order chi connectivity index (χ0) is 15.5. The standard InChI is InChI=1S/C17H15BrO4/c1-20-10-21-14-9-5-3-7-12(14)15(19)17-16(22-17)11-6-2-4-8-13(11)18/h2-9,16-17H,10H2,1H3/t16-,17-/m0/s1. The molecule has 5 heteroatoms. The smallest absolute Gasteiger partial charge is 0.198 e. The van der Waals surface area contributed by atoms with Gasteiger partial charge in [-0.3, -0.25) is 4.79 Å². The van der Waals surface area contributed by atoms with Crippen molar-refractivity contribution in [3.8, 4) is 5.75 Å². The van der Waals surface area contributed by atoms with E-state index in [4.69, 9.17) is 14.2 Å². The van der Waals surface area contributed by atoms with Crippen LogP contribution in [0, 0.1) is 0 Å². The largest absolute Gasteiger partial charge is 0.467 e. The first-order chi connectivity index (χ1) is 10.7. The fourth-order valence-corrected chi connectivity index (χ4v) is 2.84. The van der Waals surface area contributed by atoms with Gasteiger partial charge in [-0.1, -0.05) is 46.3 Å². The predicted octanol–water partition coefficient (Wildman–Crippen LogP) is 3.75. The summed E-state index contributed by atoms with van der Waals surface area (Å²) in [5.41, 5.74) is 1.50. The summed E-state index contributed by atoms with van der Waals surface area (Å²) < 4.78 is 16.9. The molecule has 3 rings (SSSR count). The van der Waals surface area contributed by atoms with Crippen molar-refractivity contribution in [1.82, 2.24) is 0 Å². The van der Waals surface area contributed by atoms with E-state index in [1.807, 2.05) is 36.4 Å². The van der Waals surface area contributed by atoms with Gasteiger partial charge in [-0.05, 0) is 23.8 Å². The monoisotopic (exact) mass is 362 g/mol. The molecule has 0 spiro atoms. The molecule has 0 aromatic heterocycles. The van der Waals surface area contributed by atoms with Crippen molar-refractivity contribution in [1.29, 1.82) is 0 Å². The van der Waals surface area contributed by atoms with Crippen molar-refractivity contribution >= 4 is 21.7 Å². The predicted molar refractivity (Wildman–Crippen MR) is 85.0 cm³/mol. The number of hydrogen-bond acceptors (Lipinski definition) is 4. The number of ketones is 1. The van der Waals surface area contributed by atoms with E-state index < -0.39 is 6.10 Å². The highest BCUT2D eigenvalue weighted by atomic mass is 79.9. The van der Waals surface area contributed by atoms with Crippen molar-refractivity contribution < 1.29 is 19.0 Å². The van der Waals surface area contributed by atoms with Crippen LogP contribution in [0.3, 0.4) is 0 Å². The lowest BCUT2D eigenvalue weighted by atomic mass is 10.0. The zero-order valence-corrected chi connectivity index (χ0v) is 13.6. The Balaban J connectivity index is 1.78. The number of carbonyl (C=O) groups excluding carboxylic acids is 1. The second-order valence-electron chi connectivity index (χ2n) is 4.91. The molecule has 0 aliphatic carbocycles. The van der Waals surface area contributed by atoms with Crippen LogP contribution in [0.25, 0.3) is 0 Å². The third kappa shape index (κ3) is 3.06. The van der Waals surface area contributed by atoms with E-state index in [0.29, 0.717) is 11.3 Å². The van der Waals surface area contributed by atoms with E-state index in [1.54, 1.807) is 12.1 Å².